The van der Waals surface area contributed by atoms with Gasteiger partial charge in [0.2, 0.25) is 5.91 Å². The van der Waals surface area contributed by atoms with Gasteiger partial charge in [0, 0.05) is 50.8 Å². The zero-order chi connectivity index (χ0) is 27.4. The van der Waals surface area contributed by atoms with Crippen molar-refractivity contribution in [3.05, 3.63) is 58.5 Å². The fourth-order valence-corrected chi connectivity index (χ4v) is 4.96. The smallest absolute Gasteiger partial charge is 0.256 e. The van der Waals surface area contributed by atoms with Gasteiger partial charge in [-0.25, -0.2) is 9.40 Å². The lowest BCUT2D eigenvalue weighted by atomic mass is 10.1. The normalized spacial score (nSPS) is 12.8. The van der Waals surface area contributed by atoms with Crippen LogP contribution < -0.4 is 15.5 Å². The first-order valence-electron chi connectivity index (χ1n) is 13.2. The van der Waals surface area contributed by atoms with Crippen LogP contribution in [0.1, 0.15) is 36.2 Å². The third kappa shape index (κ3) is 6.87. The molecule has 0 fully saturated rings. The van der Waals surface area contributed by atoms with Crippen LogP contribution in [0.4, 0.5) is 10.1 Å². The van der Waals surface area contributed by atoms with Crippen LogP contribution in [-0.2, 0) is 29.2 Å². The lowest BCUT2D eigenvalue weighted by molar-refractivity contribution is -0.145. The van der Waals surface area contributed by atoms with E-state index in [1.165, 1.54) is 12.1 Å². The number of hydrogen-bond donors (Lipinski definition) is 2. The number of aromatic nitrogens is 2. The van der Waals surface area contributed by atoms with E-state index in [0.717, 1.165) is 52.1 Å². The summed E-state index contributed by atoms with van der Waals surface area (Å²) >= 11 is 0. The Balaban J connectivity index is 0.00000420. The Kier molecular flexibility index (Phi) is 10.3. The summed E-state index contributed by atoms with van der Waals surface area (Å²) in [6.07, 6.45) is 0. The number of likely N-dealkylation sites (N-methyl/N-ethyl adjacent to an activating group) is 2. The maximum Gasteiger partial charge on any atom is 0.256 e. The zero-order valence-electron chi connectivity index (χ0n) is 23.4. The Labute approximate surface area is 235 Å². The molecule has 3 aromatic rings. The first-order valence-corrected chi connectivity index (χ1v) is 13.2. The van der Waals surface area contributed by atoms with Crippen molar-refractivity contribution in [2.75, 3.05) is 44.7 Å². The van der Waals surface area contributed by atoms with E-state index in [1.807, 2.05) is 48.4 Å². The van der Waals surface area contributed by atoms with Crippen LogP contribution in [0, 0.1) is 19.7 Å². The van der Waals surface area contributed by atoms with Crippen molar-refractivity contribution in [3.8, 4) is 0 Å². The van der Waals surface area contributed by atoms with Gasteiger partial charge in [-0.05, 0) is 68.3 Å². The molecule has 1 aromatic heterocycles. The molecule has 0 saturated heterocycles. The molecule has 212 valence electrons. The number of halogens is 2. The Morgan fingerprint density at radius 1 is 1.05 bits per heavy atom. The number of hydrazine groups is 1. The largest absolute Gasteiger partial charge is 0.353 e. The van der Waals surface area contributed by atoms with Gasteiger partial charge in [-0.1, -0.05) is 13.0 Å². The molecule has 0 unspecified atom stereocenters. The van der Waals surface area contributed by atoms with Gasteiger partial charge in [-0.2, -0.15) is 5.10 Å². The predicted octanol–water partition coefficient (Wildman–Crippen LogP) is 3.16. The van der Waals surface area contributed by atoms with Crippen LogP contribution >= 0.6 is 12.4 Å². The minimum atomic E-state index is -0.279. The number of hydrogen-bond acceptors (Lipinski definition) is 6. The van der Waals surface area contributed by atoms with E-state index in [2.05, 4.69) is 21.8 Å². The fourth-order valence-electron chi connectivity index (χ4n) is 4.96. The quantitative estimate of drug-likeness (QED) is 0.351. The average molecular weight is 560 g/mol. The Morgan fingerprint density at radius 3 is 2.51 bits per heavy atom. The molecule has 1 aliphatic rings. The standard InChI is InChI=1S/C28H38FN7O2.ClH/c1-6-30-10-11-31-27(37)17-34(25-14-26-24(12-19(25)3)20(4)32-36(26)7-2)18-28(38)33(5)35-15-21-8-9-23(29)13-22(21)16-35;/h8-9,12-14,30H,6-7,10-11,15-18H2,1-5H3,(H,31,37);1H. The van der Waals surface area contributed by atoms with E-state index < -0.39 is 0 Å². The summed E-state index contributed by atoms with van der Waals surface area (Å²) in [6, 6.07) is 8.85. The van der Waals surface area contributed by atoms with Gasteiger partial charge in [0.25, 0.3) is 5.91 Å². The highest BCUT2D eigenvalue weighted by molar-refractivity contribution is 5.91. The van der Waals surface area contributed by atoms with E-state index in [4.69, 9.17) is 0 Å². The third-order valence-corrected chi connectivity index (χ3v) is 7.09. The highest BCUT2D eigenvalue weighted by Crippen LogP contribution is 2.29. The number of nitrogens with zero attached hydrogens (tertiary/aromatic N) is 5. The van der Waals surface area contributed by atoms with Crippen molar-refractivity contribution >= 4 is 40.8 Å². The van der Waals surface area contributed by atoms with Crippen molar-refractivity contribution in [3.63, 3.8) is 0 Å². The van der Waals surface area contributed by atoms with Crippen LogP contribution in [-0.4, -0.2) is 71.4 Å². The first kappa shape index (κ1) is 30.3. The van der Waals surface area contributed by atoms with Crippen molar-refractivity contribution < 1.29 is 14.0 Å². The summed E-state index contributed by atoms with van der Waals surface area (Å²) in [5.74, 6) is -0.584. The van der Waals surface area contributed by atoms with E-state index >= 15 is 0 Å². The average Bonchev–Trinajstić information content (AvgIpc) is 3.45. The fraction of sp³-hybridized carbons (Fsp3) is 0.464. The Bertz CT molecular complexity index is 1330. The number of fused-ring (bicyclic) bond motifs is 2. The SMILES string of the molecule is CCNCCNC(=O)CN(CC(=O)N(C)N1Cc2ccc(F)cc2C1)c1cc2c(cc1C)c(C)nn2CC.Cl. The number of nitrogens with one attached hydrogen (secondary N) is 2. The molecule has 2 amide bonds. The summed E-state index contributed by atoms with van der Waals surface area (Å²) in [5.41, 5.74) is 5.60. The van der Waals surface area contributed by atoms with Gasteiger partial charge in [0.15, 0.2) is 0 Å². The lowest BCUT2D eigenvalue weighted by Crippen LogP contribution is -2.48. The highest BCUT2D eigenvalue weighted by atomic mass is 35.5. The maximum atomic E-state index is 13.7. The molecule has 0 spiro atoms. The zero-order valence-corrected chi connectivity index (χ0v) is 24.2. The number of amides is 2. The van der Waals surface area contributed by atoms with Crippen LogP contribution in [0.2, 0.25) is 0 Å². The summed E-state index contributed by atoms with van der Waals surface area (Å²) in [7, 11) is 1.73. The molecular weight excluding hydrogens is 521 g/mol. The first-order chi connectivity index (χ1) is 18.2. The summed E-state index contributed by atoms with van der Waals surface area (Å²) in [4.78, 5) is 28.3. The van der Waals surface area contributed by atoms with E-state index in [1.54, 1.807) is 18.1 Å². The summed E-state index contributed by atoms with van der Waals surface area (Å²) in [6.45, 7) is 11.8. The highest BCUT2D eigenvalue weighted by Gasteiger charge is 2.28. The van der Waals surface area contributed by atoms with E-state index in [0.29, 0.717) is 26.2 Å². The molecule has 0 saturated carbocycles. The molecule has 2 heterocycles. The molecule has 2 aromatic carbocycles. The second-order valence-electron chi connectivity index (χ2n) is 9.77. The molecule has 0 aliphatic carbocycles. The molecule has 2 N–H and O–H groups in total. The molecule has 0 radical (unpaired) electrons. The van der Waals surface area contributed by atoms with Gasteiger partial charge >= 0.3 is 0 Å². The Morgan fingerprint density at radius 2 is 1.79 bits per heavy atom. The second-order valence-corrected chi connectivity index (χ2v) is 9.77. The maximum absolute atomic E-state index is 13.7. The van der Waals surface area contributed by atoms with Crippen molar-refractivity contribution in [1.82, 2.24) is 30.4 Å². The van der Waals surface area contributed by atoms with Crippen molar-refractivity contribution in [2.24, 2.45) is 0 Å². The molecule has 1 aliphatic heterocycles. The van der Waals surface area contributed by atoms with Gasteiger partial charge in [-0.3, -0.25) is 19.3 Å². The molecule has 0 bridgehead atoms. The molecule has 39 heavy (non-hydrogen) atoms. The minimum absolute atomic E-state index is 0. The van der Waals surface area contributed by atoms with Crippen LogP contribution in [0.25, 0.3) is 10.9 Å². The molecule has 11 heteroatoms. The number of carbonyl (C=O) groups excluding carboxylic acids is 2. The monoisotopic (exact) mass is 559 g/mol. The summed E-state index contributed by atoms with van der Waals surface area (Å²) < 4.78 is 15.7. The molecule has 9 nitrogen and oxygen atoms in total. The minimum Gasteiger partial charge on any atom is -0.353 e. The van der Waals surface area contributed by atoms with Crippen molar-refractivity contribution in [2.45, 2.75) is 47.3 Å². The van der Waals surface area contributed by atoms with Crippen molar-refractivity contribution in [1.29, 1.82) is 0 Å². The predicted molar refractivity (Wildman–Crippen MR) is 154 cm³/mol. The molecular formula is C28H39ClFN7O2. The molecule has 0 atom stereocenters. The summed E-state index contributed by atoms with van der Waals surface area (Å²) in [5, 5.41) is 15.3. The number of rotatable bonds is 11. The van der Waals surface area contributed by atoms with Crippen LogP contribution in [0.3, 0.4) is 0 Å². The van der Waals surface area contributed by atoms with Gasteiger partial charge in [0.1, 0.15) is 5.82 Å². The van der Waals surface area contributed by atoms with Gasteiger partial charge < -0.3 is 15.5 Å². The molecule has 4 rings (SSSR count). The van der Waals surface area contributed by atoms with E-state index in [-0.39, 0.29) is 43.1 Å². The number of aryl methyl sites for hydroxylation is 3. The van der Waals surface area contributed by atoms with Gasteiger partial charge in [-0.15, -0.1) is 12.4 Å². The number of carbonyl (C=O) groups is 2. The van der Waals surface area contributed by atoms with Crippen LogP contribution in [0.5, 0.6) is 0 Å². The number of benzene rings is 2. The van der Waals surface area contributed by atoms with E-state index in [9.17, 15) is 14.0 Å². The lowest BCUT2D eigenvalue weighted by Gasteiger charge is -2.32. The number of anilines is 1. The Hall–Kier alpha value is -3.21. The topological polar surface area (TPSA) is 85.7 Å². The van der Waals surface area contributed by atoms with Gasteiger partial charge in [0.05, 0.1) is 24.3 Å². The van der Waals surface area contributed by atoms with Crippen LogP contribution in [0.15, 0.2) is 30.3 Å². The second kappa shape index (κ2) is 13.2. The third-order valence-electron chi connectivity index (χ3n) is 7.09.